The lowest BCUT2D eigenvalue weighted by molar-refractivity contribution is 0.0520. The summed E-state index contributed by atoms with van der Waals surface area (Å²) in [5, 5.41) is 0. The van der Waals surface area contributed by atoms with Crippen LogP contribution in [0.25, 0.3) is 0 Å². The van der Waals surface area contributed by atoms with Gasteiger partial charge in [-0.05, 0) is 26.3 Å². The van der Waals surface area contributed by atoms with Crippen LogP contribution in [0.3, 0.4) is 0 Å². The molecule has 1 heterocycles. The molecule has 0 saturated carbocycles. The number of aromatic nitrogens is 1. The Balaban J connectivity index is 2.96. The number of hydrogen-bond acceptors (Lipinski definition) is 3. The molecule has 1 N–H and O–H groups in total. The van der Waals surface area contributed by atoms with E-state index in [1.165, 1.54) is 0 Å². The van der Waals surface area contributed by atoms with Crippen LogP contribution < -0.4 is 0 Å². The van der Waals surface area contributed by atoms with Crippen molar-refractivity contribution >= 4 is 17.9 Å². The second-order valence-electron chi connectivity index (χ2n) is 3.01. The lowest BCUT2D eigenvalue weighted by Crippen LogP contribution is -2.04. The predicted octanol–water partition coefficient (Wildman–Crippen LogP) is 2.48. The van der Waals surface area contributed by atoms with Gasteiger partial charge in [-0.1, -0.05) is 6.92 Å². The maximum absolute atomic E-state index is 11.4. The van der Waals surface area contributed by atoms with Gasteiger partial charge >= 0.3 is 5.97 Å². The Morgan fingerprint density at radius 2 is 2.33 bits per heavy atom. The highest BCUT2D eigenvalue weighted by molar-refractivity contribution is 5.89. The number of esters is 1. The molecule has 0 bridgehead atoms. The molecule has 0 aromatic carbocycles. The van der Waals surface area contributed by atoms with E-state index >= 15 is 0 Å². The first-order valence-electron chi connectivity index (χ1n) is 5.10. The molecule has 4 heteroatoms. The van der Waals surface area contributed by atoms with Crippen molar-refractivity contribution in [3.05, 3.63) is 17.5 Å². The van der Waals surface area contributed by atoms with Crippen LogP contribution in [0.2, 0.25) is 0 Å². The van der Waals surface area contributed by atoms with Crippen LogP contribution in [0.5, 0.6) is 0 Å². The van der Waals surface area contributed by atoms with Crippen LogP contribution in [0.1, 0.15) is 37.0 Å². The highest BCUT2D eigenvalue weighted by atomic mass is 16.5. The number of nitrogens with one attached hydrogen (secondary N) is 1. The summed E-state index contributed by atoms with van der Waals surface area (Å²) in [6.45, 7) is 6.02. The number of nitrogens with zero attached hydrogens (tertiary/aromatic N) is 1. The second-order valence-corrected chi connectivity index (χ2v) is 3.01. The lowest BCUT2D eigenvalue weighted by Gasteiger charge is -1.97. The van der Waals surface area contributed by atoms with Gasteiger partial charge in [0, 0.05) is 11.9 Å². The van der Waals surface area contributed by atoms with Gasteiger partial charge in [0.2, 0.25) is 0 Å². The van der Waals surface area contributed by atoms with Crippen LogP contribution in [0.15, 0.2) is 11.1 Å². The van der Waals surface area contributed by atoms with E-state index in [2.05, 4.69) is 9.98 Å². The van der Waals surface area contributed by atoms with Gasteiger partial charge in [-0.2, -0.15) is 0 Å². The van der Waals surface area contributed by atoms with Crippen molar-refractivity contribution in [2.45, 2.75) is 27.2 Å². The molecular formula is C11H16N2O2. The monoisotopic (exact) mass is 208 g/mol. The fraction of sp³-hybridized carbons (Fsp3) is 0.455. The Morgan fingerprint density at radius 3 is 2.87 bits per heavy atom. The van der Waals surface area contributed by atoms with Crippen molar-refractivity contribution in [3.8, 4) is 0 Å². The Hall–Kier alpha value is -1.58. The Kier molecular flexibility index (Phi) is 4.09. The Bertz CT molecular complexity index is 367. The molecule has 4 nitrogen and oxygen atoms in total. The van der Waals surface area contributed by atoms with E-state index in [1.54, 1.807) is 19.2 Å². The molecule has 0 fully saturated rings. The maximum atomic E-state index is 11.4. The molecule has 82 valence electrons. The molecule has 0 aliphatic heterocycles. The van der Waals surface area contributed by atoms with Crippen molar-refractivity contribution < 1.29 is 9.53 Å². The second kappa shape index (κ2) is 5.34. The van der Waals surface area contributed by atoms with Crippen molar-refractivity contribution in [3.63, 3.8) is 0 Å². The quantitative estimate of drug-likeness (QED) is 0.610. The number of rotatable bonds is 4. The Morgan fingerprint density at radius 1 is 1.60 bits per heavy atom. The third-order valence-corrected chi connectivity index (χ3v) is 1.99. The summed E-state index contributed by atoms with van der Waals surface area (Å²) < 4.78 is 4.90. The third-order valence-electron chi connectivity index (χ3n) is 1.99. The van der Waals surface area contributed by atoms with Crippen LogP contribution in [0, 0.1) is 0 Å². The number of aromatic amines is 1. The predicted molar refractivity (Wildman–Crippen MR) is 60.0 cm³/mol. The number of hydrogen-bond donors (Lipinski definition) is 1. The molecule has 0 amide bonds. The van der Waals surface area contributed by atoms with E-state index in [4.69, 9.17) is 4.74 Å². The van der Waals surface area contributed by atoms with Gasteiger partial charge < -0.3 is 9.72 Å². The molecule has 1 aromatic heterocycles. The SMILES string of the molecule is C/C=N\c1cc(C(=O)OCC)[nH]c1CC. The van der Waals surface area contributed by atoms with Crippen LogP contribution in [-0.4, -0.2) is 23.8 Å². The number of aryl methyl sites for hydroxylation is 1. The topological polar surface area (TPSA) is 54.4 Å². The number of carbonyl (C=O) groups excluding carboxylic acids is 1. The maximum Gasteiger partial charge on any atom is 0.354 e. The van der Waals surface area contributed by atoms with E-state index in [0.717, 1.165) is 17.8 Å². The third kappa shape index (κ3) is 2.68. The van der Waals surface area contributed by atoms with Crippen LogP contribution in [-0.2, 0) is 11.2 Å². The number of ether oxygens (including phenoxy) is 1. The standard InChI is InChI=1S/C11H16N2O2/c1-4-8-9(12-5-2)7-10(13-8)11(14)15-6-3/h5,7,13H,4,6H2,1-3H3/b12-5-. The first-order valence-corrected chi connectivity index (χ1v) is 5.10. The fourth-order valence-electron chi connectivity index (χ4n) is 1.33. The van der Waals surface area contributed by atoms with Gasteiger partial charge in [0.1, 0.15) is 5.69 Å². The molecular weight excluding hydrogens is 192 g/mol. The molecule has 0 radical (unpaired) electrons. The lowest BCUT2D eigenvalue weighted by atomic mass is 10.3. The number of aliphatic imine (C=N–C) groups is 1. The van der Waals surface area contributed by atoms with Crippen molar-refractivity contribution in [2.24, 2.45) is 4.99 Å². The number of carbonyl (C=O) groups is 1. The minimum Gasteiger partial charge on any atom is -0.461 e. The summed E-state index contributed by atoms with van der Waals surface area (Å²) >= 11 is 0. The van der Waals surface area contributed by atoms with Crippen LogP contribution in [0.4, 0.5) is 5.69 Å². The van der Waals surface area contributed by atoms with E-state index in [9.17, 15) is 4.79 Å². The minimum absolute atomic E-state index is 0.329. The summed E-state index contributed by atoms with van der Waals surface area (Å²) in [5.74, 6) is -0.329. The molecule has 0 aliphatic carbocycles. The zero-order valence-corrected chi connectivity index (χ0v) is 9.33. The zero-order chi connectivity index (χ0) is 11.3. The summed E-state index contributed by atoms with van der Waals surface area (Å²) in [6, 6.07) is 1.72. The van der Waals surface area contributed by atoms with Crippen molar-refractivity contribution in [2.75, 3.05) is 6.61 Å². The smallest absolute Gasteiger partial charge is 0.354 e. The van der Waals surface area contributed by atoms with Gasteiger partial charge in [0.15, 0.2) is 0 Å². The minimum atomic E-state index is -0.329. The van der Waals surface area contributed by atoms with Gasteiger partial charge in [0.05, 0.1) is 12.3 Å². The van der Waals surface area contributed by atoms with E-state index in [1.807, 2.05) is 13.8 Å². The van der Waals surface area contributed by atoms with E-state index < -0.39 is 0 Å². The molecule has 1 aromatic rings. The highest BCUT2D eigenvalue weighted by Gasteiger charge is 2.12. The molecule has 0 aliphatic rings. The molecule has 0 unspecified atom stereocenters. The normalized spacial score (nSPS) is 10.9. The molecule has 0 saturated heterocycles. The number of H-pyrrole nitrogens is 1. The summed E-state index contributed by atoms with van der Waals surface area (Å²) in [6.07, 6.45) is 2.52. The summed E-state index contributed by atoms with van der Waals surface area (Å²) in [4.78, 5) is 18.6. The molecule has 0 spiro atoms. The van der Waals surface area contributed by atoms with Gasteiger partial charge in [-0.15, -0.1) is 0 Å². The van der Waals surface area contributed by atoms with E-state index in [-0.39, 0.29) is 5.97 Å². The highest BCUT2D eigenvalue weighted by Crippen LogP contribution is 2.21. The van der Waals surface area contributed by atoms with Gasteiger partial charge in [0.25, 0.3) is 0 Å². The summed E-state index contributed by atoms with van der Waals surface area (Å²) in [7, 11) is 0. The zero-order valence-electron chi connectivity index (χ0n) is 9.33. The first kappa shape index (κ1) is 11.5. The first-order chi connectivity index (χ1) is 7.22. The van der Waals surface area contributed by atoms with Gasteiger partial charge in [-0.25, -0.2) is 4.79 Å². The van der Waals surface area contributed by atoms with Crippen molar-refractivity contribution in [1.29, 1.82) is 0 Å². The van der Waals surface area contributed by atoms with Crippen molar-refractivity contribution in [1.82, 2.24) is 4.98 Å². The molecule has 0 atom stereocenters. The Labute approximate surface area is 89.4 Å². The van der Waals surface area contributed by atoms with E-state index in [0.29, 0.717) is 12.3 Å². The average Bonchev–Trinajstić information content (AvgIpc) is 2.62. The largest absolute Gasteiger partial charge is 0.461 e. The molecule has 1 rings (SSSR count). The van der Waals surface area contributed by atoms with Gasteiger partial charge in [-0.3, -0.25) is 4.99 Å². The summed E-state index contributed by atoms with van der Waals surface area (Å²) in [5.41, 5.74) is 2.23. The fourth-order valence-corrected chi connectivity index (χ4v) is 1.33. The van der Waals surface area contributed by atoms with Crippen LogP contribution >= 0.6 is 0 Å². The average molecular weight is 208 g/mol. The molecule has 15 heavy (non-hydrogen) atoms.